The van der Waals surface area contributed by atoms with Crippen LogP contribution in [0.15, 0.2) is 30.9 Å². The number of imidazole rings is 1. The Bertz CT molecular complexity index is 589. The van der Waals surface area contributed by atoms with Gasteiger partial charge in [-0.15, -0.1) is 0 Å². The standard InChI is InChI=1S/C13H16N4O3/c1-2-17-5-3-4-11(17)12(18)16-10(13(19)20)6-9-7-14-8-15-9/h3-5,7-8,10H,2,6H2,1H3,(H,14,15)(H,16,18)(H,19,20)/t10-/m1/s1. The van der Waals surface area contributed by atoms with Gasteiger partial charge in [0.1, 0.15) is 11.7 Å². The molecule has 2 rings (SSSR count). The van der Waals surface area contributed by atoms with E-state index in [0.717, 1.165) is 0 Å². The smallest absolute Gasteiger partial charge is 0.326 e. The minimum Gasteiger partial charge on any atom is -0.480 e. The zero-order chi connectivity index (χ0) is 14.5. The first-order valence-electron chi connectivity index (χ1n) is 6.28. The first-order chi connectivity index (χ1) is 9.61. The number of carbonyl (C=O) groups is 2. The molecule has 0 aromatic carbocycles. The van der Waals surface area contributed by atoms with Crippen LogP contribution >= 0.6 is 0 Å². The quantitative estimate of drug-likeness (QED) is 0.721. The van der Waals surface area contributed by atoms with Gasteiger partial charge in [0.25, 0.3) is 5.91 Å². The van der Waals surface area contributed by atoms with E-state index < -0.39 is 17.9 Å². The fourth-order valence-corrected chi connectivity index (χ4v) is 1.94. The van der Waals surface area contributed by atoms with Gasteiger partial charge in [0.15, 0.2) is 0 Å². The van der Waals surface area contributed by atoms with Crippen LogP contribution in [0.5, 0.6) is 0 Å². The number of aromatic amines is 1. The van der Waals surface area contributed by atoms with Gasteiger partial charge in [-0.05, 0) is 19.1 Å². The number of hydrogen-bond donors (Lipinski definition) is 3. The molecular weight excluding hydrogens is 260 g/mol. The van der Waals surface area contributed by atoms with Crippen molar-refractivity contribution in [3.8, 4) is 0 Å². The van der Waals surface area contributed by atoms with Crippen molar-refractivity contribution in [2.75, 3.05) is 0 Å². The fraction of sp³-hybridized carbons (Fsp3) is 0.308. The van der Waals surface area contributed by atoms with Crippen molar-refractivity contribution in [3.63, 3.8) is 0 Å². The van der Waals surface area contributed by atoms with Crippen LogP contribution in [-0.2, 0) is 17.8 Å². The second-order valence-corrected chi connectivity index (χ2v) is 4.32. The number of carboxylic acids is 1. The van der Waals surface area contributed by atoms with E-state index in [4.69, 9.17) is 0 Å². The average Bonchev–Trinajstić information content (AvgIpc) is 3.08. The lowest BCUT2D eigenvalue weighted by molar-refractivity contribution is -0.139. The van der Waals surface area contributed by atoms with Crippen molar-refractivity contribution in [3.05, 3.63) is 42.2 Å². The van der Waals surface area contributed by atoms with Crippen molar-refractivity contribution < 1.29 is 14.7 Å². The Morgan fingerprint density at radius 3 is 2.95 bits per heavy atom. The van der Waals surface area contributed by atoms with Crippen molar-refractivity contribution in [1.29, 1.82) is 0 Å². The normalized spacial score (nSPS) is 12.1. The summed E-state index contributed by atoms with van der Waals surface area (Å²) in [6.07, 6.45) is 4.95. The van der Waals surface area contributed by atoms with Gasteiger partial charge in [-0.25, -0.2) is 9.78 Å². The molecule has 0 aliphatic carbocycles. The molecule has 0 spiro atoms. The minimum absolute atomic E-state index is 0.161. The molecule has 7 nitrogen and oxygen atoms in total. The van der Waals surface area contributed by atoms with Gasteiger partial charge >= 0.3 is 5.97 Å². The number of amides is 1. The molecular formula is C13H16N4O3. The highest BCUT2D eigenvalue weighted by Crippen LogP contribution is 2.05. The van der Waals surface area contributed by atoms with Crippen molar-refractivity contribution in [2.24, 2.45) is 0 Å². The van der Waals surface area contributed by atoms with E-state index >= 15 is 0 Å². The van der Waals surface area contributed by atoms with Gasteiger partial charge in [-0.2, -0.15) is 0 Å². The number of nitrogens with one attached hydrogen (secondary N) is 2. The SMILES string of the molecule is CCn1cccc1C(=O)N[C@H](Cc1cnc[nH]1)C(=O)O. The molecule has 7 heteroatoms. The summed E-state index contributed by atoms with van der Waals surface area (Å²) in [5, 5.41) is 11.7. The monoisotopic (exact) mass is 276 g/mol. The predicted molar refractivity (Wildman–Crippen MR) is 71.3 cm³/mol. The van der Waals surface area contributed by atoms with E-state index in [9.17, 15) is 14.7 Å². The molecule has 0 bridgehead atoms. The van der Waals surface area contributed by atoms with Crippen LogP contribution in [0.3, 0.4) is 0 Å². The van der Waals surface area contributed by atoms with E-state index in [2.05, 4.69) is 15.3 Å². The fourth-order valence-electron chi connectivity index (χ4n) is 1.94. The summed E-state index contributed by atoms with van der Waals surface area (Å²) in [6.45, 7) is 2.56. The van der Waals surface area contributed by atoms with Crippen LogP contribution in [0.25, 0.3) is 0 Å². The Kier molecular flexibility index (Phi) is 4.19. The van der Waals surface area contributed by atoms with Crippen LogP contribution < -0.4 is 5.32 Å². The maximum atomic E-state index is 12.1. The number of aliphatic carboxylic acids is 1. The van der Waals surface area contributed by atoms with Gasteiger partial charge in [-0.3, -0.25) is 4.79 Å². The number of carbonyl (C=O) groups excluding carboxylic acids is 1. The lowest BCUT2D eigenvalue weighted by Crippen LogP contribution is -2.43. The summed E-state index contributed by atoms with van der Waals surface area (Å²) in [5.41, 5.74) is 1.10. The Hall–Kier alpha value is -2.57. The second kappa shape index (κ2) is 6.05. The number of aromatic nitrogens is 3. The van der Waals surface area contributed by atoms with E-state index in [-0.39, 0.29) is 6.42 Å². The lowest BCUT2D eigenvalue weighted by atomic mass is 10.1. The van der Waals surface area contributed by atoms with Crippen molar-refractivity contribution in [1.82, 2.24) is 19.9 Å². The average molecular weight is 276 g/mol. The number of hydrogen-bond acceptors (Lipinski definition) is 3. The molecule has 3 N–H and O–H groups in total. The Morgan fingerprint density at radius 2 is 2.35 bits per heavy atom. The molecule has 1 amide bonds. The van der Waals surface area contributed by atoms with Crippen molar-refractivity contribution in [2.45, 2.75) is 25.9 Å². The molecule has 2 heterocycles. The third-order valence-electron chi connectivity index (χ3n) is 2.99. The van der Waals surface area contributed by atoms with Crippen molar-refractivity contribution >= 4 is 11.9 Å². The third kappa shape index (κ3) is 3.05. The van der Waals surface area contributed by atoms with Crippen LogP contribution in [0, 0.1) is 0 Å². The first-order valence-corrected chi connectivity index (χ1v) is 6.28. The largest absolute Gasteiger partial charge is 0.480 e. The summed E-state index contributed by atoms with van der Waals surface area (Å²) >= 11 is 0. The highest BCUT2D eigenvalue weighted by Gasteiger charge is 2.22. The summed E-state index contributed by atoms with van der Waals surface area (Å²) in [5.74, 6) is -1.48. The zero-order valence-electron chi connectivity index (χ0n) is 11.0. The third-order valence-corrected chi connectivity index (χ3v) is 2.99. The van der Waals surface area contributed by atoms with Gasteiger partial charge in [0.2, 0.25) is 0 Å². The molecule has 20 heavy (non-hydrogen) atoms. The van der Waals surface area contributed by atoms with Crippen LogP contribution in [0.4, 0.5) is 0 Å². The van der Waals surface area contributed by atoms with E-state index in [1.807, 2.05) is 6.92 Å². The highest BCUT2D eigenvalue weighted by atomic mass is 16.4. The number of aryl methyl sites for hydroxylation is 1. The van der Waals surface area contributed by atoms with E-state index in [0.29, 0.717) is 17.9 Å². The molecule has 106 valence electrons. The molecule has 2 aromatic heterocycles. The van der Waals surface area contributed by atoms with Crippen LogP contribution in [-0.4, -0.2) is 37.6 Å². The van der Waals surface area contributed by atoms with E-state index in [1.54, 1.807) is 22.9 Å². The predicted octanol–water partition coefficient (Wildman–Crippen LogP) is 0.657. The maximum absolute atomic E-state index is 12.1. The van der Waals surface area contributed by atoms with Gasteiger partial charge in [0, 0.05) is 31.1 Å². The Morgan fingerprint density at radius 1 is 1.55 bits per heavy atom. The molecule has 1 atom stereocenters. The minimum atomic E-state index is -1.08. The Labute approximate surface area is 115 Å². The molecule has 0 saturated carbocycles. The van der Waals surface area contributed by atoms with E-state index in [1.165, 1.54) is 12.5 Å². The molecule has 0 aliphatic rings. The Balaban J connectivity index is 2.08. The van der Waals surface area contributed by atoms with Gasteiger partial charge in [0.05, 0.1) is 6.33 Å². The maximum Gasteiger partial charge on any atom is 0.326 e. The molecule has 0 unspecified atom stereocenters. The summed E-state index contributed by atoms with van der Waals surface area (Å²) in [4.78, 5) is 30.0. The summed E-state index contributed by atoms with van der Waals surface area (Å²) in [6, 6.07) is 2.42. The summed E-state index contributed by atoms with van der Waals surface area (Å²) < 4.78 is 1.75. The first kappa shape index (κ1) is 13.9. The summed E-state index contributed by atoms with van der Waals surface area (Å²) in [7, 11) is 0. The van der Waals surface area contributed by atoms with Crippen LogP contribution in [0.1, 0.15) is 23.1 Å². The number of H-pyrrole nitrogens is 1. The van der Waals surface area contributed by atoms with Gasteiger partial charge in [-0.1, -0.05) is 0 Å². The lowest BCUT2D eigenvalue weighted by Gasteiger charge is -2.14. The van der Waals surface area contributed by atoms with Crippen LogP contribution in [0.2, 0.25) is 0 Å². The highest BCUT2D eigenvalue weighted by molar-refractivity contribution is 5.95. The molecule has 0 fully saturated rings. The molecule has 0 saturated heterocycles. The van der Waals surface area contributed by atoms with Gasteiger partial charge < -0.3 is 20.0 Å². The molecule has 0 aliphatic heterocycles. The topological polar surface area (TPSA) is 100 Å². The second-order valence-electron chi connectivity index (χ2n) is 4.32. The number of nitrogens with zero attached hydrogens (tertiary/aromatic N) is 2. The number of carboxylic acid groups (broad SMARTS) is 1. The molecule has 0 radical (unpaired) electrons. The molecule has 2 aromatic rings. The number of rotatable bonds is 6. The zero-order valence-corrected chi connectivity index (χ0v) is 11.0.